The number of nitrogens with one attached hydrogen (secondary N) is 2. The van der Waals surface area contributed by atoms with Gasteiger partial charge in [-0.3, -0.25) is 29.2 Å². The van der Waals surface area contributed by atoms with Gasteiger partial charge in [0.05, 0.1) is 52.2 Å². The molecule has 4 aromatic rings. The van der Waals surface area contributed by atoms with Crippen molar-refractivity contribution in [1.82, 2.24) is 40.1 Å². The van der Waals surface area contributed by atoms with Crippen LogP contribution in [0.4, 0.5) is 23.2 Å². The molecule has 2 N–H and O–H groups in total. The highest BCUT2D eigenvalue weighted by molar-refractivity contribution is 7.10. The topological polar surface area (TPSA) is 154 Å². The molecular weight excluding hydrogens is 967 g/mol. The van der Waals surface area contributed by atoms with Crippen molar-refractivity contribution in [3.8, 4) is 34.4 Å². The number of likely N-dealkylation sites (N-methyl/N-ethyl adjacent to an activating group) is 2. The maximum absolute atomic E-state index is 16.9. The van der Waals surface area contributed by atoms with Crippen LogP contribution in [0.15, 0.2) is 29.8 Å². The van der Waals surface area contributed by atoms with E-state index in [1.54, 1.807) is 32.4 Å². The number of hydrazine groups is 1. The average molecular weight is 1030 g/mol. The van der Waals surface area contributed by atoms with Gasteiger partial charge in [0.2, 0.25) is 11.8 Å². The minimum Gasteiger partial charge on any atom is -0.464 e. The molecule has 0 radical (unpaired) electrons. The van der Waals surface area contributed by atoms with Gasteiger partial charge in [0.25, 0.3) is 5.91 Å². The third-order valence-corrected chi connectivity index (χ3v) is 15.6. The molecule has 3 aromatic heterocycles. The van der Waals surface area contributed by atoms with E-state index in [0.29, 0.717) is 42.0 Å². The van der Waals surface area contributed by atoms with Crippen molar-refractivity contribution in [2.75, 3.05) is 65.4 Å². The standard InChI is InChI=1S/C53H67F4N9O6S/c1-10-65-43-24-39(54)36-23-35(43)38(47(65)37-22-34(27-58-45(37)31(4)71-9)64-18-16-62(7)17-19-64)26-52(5,6)29-72-51(70)40-12-11-15-66(61-40)50(69)41(25-44-59-42(36)28-73-44)60-48(67)46(30(2)3)63(8)49(68)33-20-32(21-33)13-14-53(55,56)57/h22-24,27-28,30-33,40-41,46,61H,10-12,15-21,25-26,29H2,1-9H3,(H,60,67)/t31-,32?,33?,40-,41-,46-/m0/s1. The van der Waals surface area contributed by atoms with E-state index >= 15 is 4.39 Å². The van der Waals surface area contributed by atoms with Gasteiger partial charge in [-0.1, -0.05) is 33.6 Å². The number of thiazole rings is 1. The first-order valence-electron chi connectivity index (χ1n) is 25.2. The van der Waals surface area contributed by atoms with Crippen molar-refractivity contribution >= 4 is 51.6 Å². The number of amides is 3. The smallest absolute Gasteiger partial charge is 0.457 e. The summed E-state index contributed by atoms with van der Waals surface area (Å²) in [6.45, 7) is 15.7. The number of carbonyl (C=O) groups is 4. The van der Waals surface area contributed by atoms with Gasteiger partial charge in [-0.05, 0) is 82.7 Å². The summed E-state index contributed by atoms with van der Waals surface area (Å²) in [5, 5.41) is 7.17. The first-order chi connectivity index (χ1) is 34.6. The molecule has 4 atom stereocenters. The molecule has 1 saturated carbocycles. The van der Waals surface area contributed by atoms with Crippen molar-refractivity contribution < 1.29 is 46.2 Å². The van der Waals surface area contributed by atoms with Crippen LogP contribution >= 0.6 is 11.3 Å². The molecule has 15 nitrogen and oxygen atoms in total. The van der Waals surface area contributed by atoms with E-state index in [4.69, 9.17) is 19.4 Å². The monoisotopic (exact) mass is 1030 g/mol. The molecule has 4 aliphatic rings. The van der Waals surface area contributed by atoms with Crippen molar-refractivity contribution in [3.63, 3.8) is 0 Å². The Labute approximate surface area is 428 Å². The van der Waals surface area contributed by atoms with Gasteiger partial charge >= 0.3 is 12.1 Å². The van der Waals surface area contributed by atoms with Crippen LogP contribution < -0.4 is 15.6 Å². The first-order valence-corrected chi connectivity index (χ1v) is 26.1. The van der Waals surface area contributed by atoms with Crippen LogP contribution in [-0.4, -0.2) is 138 Å². The van der Waals surface area contributed by atoms with Gasteiger partial charge in [0, 0.05) is 105 Å². The number of ether oxygens (including phenoxy) is 2. The van der Waals surface area contributed by atoms with Gasteiger partial charge in [-0.15, -0.1) is 11.3 Å². The number of hydrogen-bond acceptors (Lipinski definition) is 12. The number of fused-ring (bicyclic) bond motifs is 6. The van der Waals surface area contributed by atoms with E-state index in [2.05, 4.69) is 44.1 Å². The SMILES string of the molecule is CCn1c(-c2cc(N3CCN(C)CC3)cnc2[C@H](C)OC)c2c3cc(c(F)cc31)-c1csc(n1)C[C@H](NC(=O)[C@H](C(C)C)N(C)C(=O)C1CC(C#CC(F)(F)F)C1)C(=O)N1CCC[C@H](N1)C(=O)OCC(C)(C)C2. The van der Waals surface area contributed by atoms with E-state index in [0.717, 1.165) is 59.8 Å². The van der Waals surface area contributed by atoms with Crippen LogP contribution in [0.3, 0.4) is 0 Å². The summed E-state index contributed by atoms with van der Waals surface area (Å²) < 4.78 is 69.3. The molecule has 6 heterocycles. The minimum absolute atomic E-state index is 0.0184. The van der Waals surface area contributed by atoms with Crippen LogP contribution in [-0.2, 0) is 48.0 Å². The average Bonchev–Trinajstić information content (AvgIpc) is 3.91. The Morgan fingerprint density at radius 2 is 1.81 bits per heavy atom. The Balaban J connectivity index is 1.19. The van der Waals surface area contributed by atoms with Gasteiger partial charge < -0.3 is 34.1 Å². The van der Waals surface area contributed by atoms with Crippen molar-refractivity contribution in [1.29, 1.82) is 0 Å². The number of aromatic nitrogens is 3. The molecule has 20 heteroatoms. The number of halogens is 4. The Hall–Kier alpha value is -5.62. The summed E-state index contributed by atoms with van der Waals surface area (Å²) in [6, 6.07) is 2.35. The molecule has 73 heavy (non-hydrogen) atoms. The van der Waals surface area contributed by atoms with Crippen LogP contribution in [0.2, 0.25) is 0 Å². The fourth-order valence-corrected chi connectivity index (χ4v) is 11.5. The largest absolute Gasteiger partial charge is 0.464 e. The molecular formula is C53H67F4N9O6S. The van der Waals surface area contributed by atoms with E-state index < -0.39 is 77.0 Å². The number of piperazine rings is 1. The lowest BCUT2D eigenvalue weighted by molar-refractivity contribution is -0.155. The lowest BCUT2D eigenvalue weighted by Crippen LogP contribution is -2.62. The predicted molar refractivity (Wildman–Crippen MR) is 270 cm³/mol. The zero-order valence-electron chi connectivity index (χ0n) is 43.1. The Morgan fingerprint density at radius 3 is 2.48 bits per heavy atom. The minimum atomic E-state index is -4.63. The Bertz CT molecular complexity index is 2790. The van der Waals surface area contributed by atoms with Crippen LogP contribution in [0.1, 0.15) is 89.6 Å². The highest BCUT2D eigenvalue weighted by Gasteiger charge is 2.42. The highest BCUT2D eigenvalue weighted by Crippen LogP contribution is 2.44. The maximum Gasteiger partial charge on any atom is 0.457 e. The number of cyclic esters (lactones) is 1. The molecule has 2 saturated heterocycles. The molecule has 0 unspecified atom stereocenters. The van der Waals surface area contributed by atoms with Crippen molar-refractivity contribution in [2.24, 2.45) is 23.2 Å². The van der Waals surface area contributed by atoms with Gasteiger partial charge in [-0.2, -0.15) is 13.2 Å². The molecule has 3 fully saturated rings. The van der Waals surface area contributed by atoms with Crippen molar-refractivity contribution in [2.45, 2.75) is 117 Å². The third kappa shape index (κ3) is 11.7. The first kappa shape index (κ1) is 53.7. The maximum atomic E-state index is 16.9. The summed E-state index contributed by atoms with van der Waals surface area (Å²) in [7, 11) is 5.23. The lowest BCUT2D eigenvalue weighted by Gasteiger charge is -2.39. The quantitative estimate of drug-likeness (QED) is 0.0945. The van der Waals surface area contributed by atoms with E-state index in [1.807, 2.05) is 40.0 Å². The molecule has 8 rings (SSSR count). The van der Waals surface area contributed by atoms with Crippen LogP contribution in [0.5, 0.6) is 0 Å². The van der Waals surface area contributed by atoms with E-state index in [-0.39, 0.29) is 44.1 Å². The number of aryl methyl sites for hydroxylation is 1. The Morgan fingerprint density at radius 1 is 1.08 bits per heavy atom. The highest BCUT2D eigenvalue weighted by atomic mass is 32.1. The molecule has 3 amide bonds. The Kier molecular flexibility index (Phi) is 15.9. The van der Waals surface area contributed by atoms with E-state index in [1.165, 1.54) is 34.2 Å². The predicted octanol–water partition coefficient (Wildman–Crippen LogP) is 7.17. The number of alkyl halides is 3. The number of rotatable bonds is 10. The summed E-state index contributed by atoms with van der Waals surface area (Å²) in [6.07, 6.45) is -1.70. The second-order valence-electron chi connectivity index (χ2n) is 21.1. The molecule has 6 bridgehead atoms. The molecule has 3 aliphatic heterocycles. The molecule has 394 valence electrons. The van der Waals surface area contributed by atoms with Gasteiger partial charge in [-0.25, -0.2) is 14.8 Å². The number of benzene rings is 1. The third-order valence-electron chi connectivity index (χ3n) is 14.7. The number of pyridine rings is 1. The molecule has 1 aromatic carbocycles. The number of hydrogen-bond donors (Lipinski definition) is 2. The van der Waals surface area contributed by atoms with Gasteiger partial charge in [0.1, 0.15) is 23.9 Å². The zero-order valence-corrected chi connectivity index (χ0v) is 43.9. The lowest BCUT2D eigenvalue weighted by atomic mass is 9.74. The number of anilines is 1. The van der Waals surface area contributed by atoms with Crippen molar-refractivity contribution in [3.05, 3.63) is 51.9 Å². The van der Waals surface area contributed by atoms with Crippen LogP contribution in [0.25, 0.3) is 33.4 Å². The summed E-state index contributed by atoms with van der Waals surface area (Å²) in [5.74, 6) is -0.806. The fourth-order valence-electron chi connectivity index (χ4n) is 10.6. The summed E-state index contributed by atoms with van der Waals surface area (Å²) in [5.41, 5.74) is 8.01. The summed E-state index contributed by atoms with van der Waals surface area (Å²) in [4.78, 5) is 72.7. The van der Waals surface area contributed by atoms with E-state index in [9.17, 15) is 32.3 Å². The fraction of sp³-hybridized carbons (Fsp3) is 0.585. The second kappa shape index (κ2) is 21.7. The normalized spacial score (nSPS) is 22.7. The number of carbonyl (C=O) groups excluding carboxylic acids is 4. The number of nitrogens with zero attached hydrogens (tertiary/aromatic N) is 7. The molecule has 1 aliphatic carbocycles. The second-order valence-corrected chi connectivity index (χ2v) is 22.1. The van der Waals surface area contributed by atoms with Crippen LogP contribution in [0, 0.1) is 40.8 Å². The summed E-state index contributed by atoms with van der Waals surface area (Å²) >= 11 is 1.21. The van der Waals surface area contributed by atoms with Gasteiger partial charge in [0.15, 0.2) is 0 Å². The number of esters is 1. The number of methoxy groups -OCH3 is 1. The zero-order chi connectivity index (χ0) is 52.7. The molecule has 0 spiro atoms.